The summed E-state index contributed by atoms with van der Waals surface area (Å²) in [5.41, 5.74) is 1.13. The largest absolute Gasteiger partial charge is 0.388 e. The summed E-state index contributed by atoms with van der Waals surface area (Å²) in [7, 11) is 0. The van der Waals surface area contributed by atoms with Crippen LogP contribution in [0.5, 0.6) is 0 Å². The van der Waals surface area contributed by atoms with E-state index < -0.39 is 5.60 Å². The molecule has 0 radical (unpaired) electrons. The molecule has 2 aromatic rings. The molecule has 5 heteroatoms. The van der Waals surface area contributed by atoms with Gasteiger partial charge >= 0.3 is 0 Å². The van der Waals surface area contributed by atoms with Crippen molar-refractivity contribution in [3.05, 3.63) is 54.4 Å². The Morgan fingerprint density at radius 3 is 2.82 bits per heavy atom. The van der Waals surface area contributed by atoms with E-state index in [-0.39, 0.29) is 5.91 Å². The summed E-state index contributed by atoms with van der Waals surface area (Å²) in [6.07, 6.45) is 9.30. The lowest BCUT2D eigenvalue weighted by atomic mass is 9.80. The maximum atomic E-state index is 11.7. The summed E-state index contributed by atoms with van der Waals surface area (Å²) in [5.74, 6) is -0.201. The predicted molar refractivity (Wildman–Crippen MR) is 84.4 cm³/mol. The van der Waals surface area contributed by atoms with Crippen LogP contribution in [0.4, 0.5) is 0 Å². The van der Waals surface area contributed by atoms with Crippen molar-refractivity contribution in [2.24, 2.45) is 0 Å². The Kier molecular flexibility index (Phi) is 4.06. The average Bonchev–Trinajstić information content (AvgIpc) is 2.99. The third-order valence-electron chi connectivity index (χ3n) is 3.93. The summed E-state index contributed by atoms with van der Waals surface area (Å²) in [5, 5.41) is 16.9. The Morgan fingerprint density at radius 1 is 1.36 bits per heavy atom. The molecule has 1 aromatic heterocycles. The molecule has 1 aliphatic carbocycles. The third kappa shape index (κ3) is 3.43. The van der Waals surface area contributed by atoms with Gasteiger partial charge in [0.1, 0.15) is 0 Å². The predicted octanol–water partition coefficient (Wildman–Crippen LogP) is 1.92. The van der Waals surface area contributed by atoms with Crippen LogP contribution in [0, 0.1) is 0 Å². The molecule has 1 saturated carbocycles. The van der Waals surface area contributed by atoms with Gasteiger partial charge in [0, 0.05) is 24.4 Å². The zero-order valence-electron chi connectivity index (χ0n) is 12.3. The summed E-state index contributed by atoms with van der Waals surface area (Å²) < 4.78 is 1.76. The second-order valence-electron chi connectivity index (χ2n) is 5.68. The number of nitrogens with one attached hydrogen (secondary N) is 1. The Morgan fingerprint density at radius 2 is 2.14 bits per heavy atom. The minimum Gasteiger partial charge on any atom is -0.388 e. The smallest absolute Gasteiger partial charge is 0.244 e. The number of aliphatic hydroxyl groups is 1. The van der Waals surface area contributed by atoms with Crippen molar-refractivity contribution in [2.45, 2.75) is 24.9 Å². The van der Waals surface area contributed by atoms with Crippen LogP contribution < -0.4 is 5.32 Å². The molecular weight excluding hydrogens is 278 g/mol. The second-order valence-corrected chi connectivity index (χ2v) is 5.68. The quantitative estimate of drug-likeness (QED) is 0.829. The van der Waals surface area contributed by atoms with Gasteiger partial charge in [0.25, 0.3) is 0 Å². The molecule has 0 spiro atoms. The number of nitrogens with zero attached hydrogens (tertiary/aromatic N) is 2. The molecule has 0 unspecified atom stereocenters. The van der Waals surface area contributed by atoms with Crippen LogP contribution in [0.2, 0.25) is 0 Å². The number of carbonyl (C=O) groups is 1. The van der Waals surface area contributed by atoms with E-state index in [2.05, 4.69) is 10.4 Å². The fourth-order valence-electron chi connectivity index (χ4n) is 2.39. The van der Waals surface area contributed by atoms with E-state index in [0.29, 0.717) is 6.54 Å². The van der Waals surface area contributed by atoms with Crippen LogP contribution >= 0.6 is 0 Å². The van der Waals surface area contributed by atoms with E-state index in [1.807, 2.05) is 36.5 Å². The van der Waals surface area contributed by atoms with Crippen LogP contribution in [0.15, 0.2) is 48.8 Å². The summed E-state index contributed by atoms with van der Waals surface area (Å²) in [6.45, 7) is 0.319. The van der Waals surface area contributed by atoms with Crippen molar-refractivity contribution in [3.8, 4) is 5.69 Å². The summed E-state index contributed by atoms with van der Waals surface area (Å²) in [4.78, 5) is 11.7. The molecule has 5 nitrogen and oxygen atoms in total. The molecule has 0 bridgehead atoms. The highest BCUT2D eigenvalue weighted by Gasteiger charge is 2.34. The highest BCUT2D eigenvalue weighted by molar-refractivity contribution is 5.91. The molecule has 0 saturated heterocycles. The van der Waals surface area contributed by atoms with Gasteiger partial charge < -0.3 is 10.4 Å². The Bertz CT molecular complexity index is 672. The first-order valence-electron chi connectivity index (χ1n) is 7.43. The number of rotatable bonds is 5. The summed E-state index contributed by atoms with van der Waals surface area (Å²) >= 11 is 0. The van der Waals surface area contributed by atoms with Crippen molar-refractivity contribution in [2.75, 3.05) is 6.54 Å². The van der Waals surface area contributed by atoms with Crippen molar-refractivity contribution < 1.29 is 9.90 Å². The standard InChI is InChI=1S/C17H19N3O2/c21-16(18-13-17(22)9-4-10-17)8-7-14-11-19-20(12-14)15-5-2-1-3-6-15/h1-3,5-8,11-12,22H,4,9-10,13H2,(H,18,21). The van der Waals surface area contributed by atoms with Crippen molar-refractivity contribution >= 4 is 12.0 Å². The van der Waals surface area contributed by atoms with Crippen LogP contribution in [0.1, 0.15) is 24.8 Å². The van der Waals surface area contributed by atoms with E-state index in [0.717, 1.165) is 30.5 Å². The van der Waals surface area contributed by atoms with Gasteiger partial charge in [-0.2, -0.15) is 5.10 Å². The van der Waals surface area contributed by atoms with Gasteiger partial charge in [-0.3, -0.25) is 4.79 Å². The number of hydrogen-bond donors (Lipinski definition) is 2. The van der Waals surface area contributed by atoms with Gasteiger partial charge in [0.15, 0.2) is 0 Å². The topological polar surface area (TPSA) is 67.2 Å². The molecule has 1 heterocycles. The maximum absolute atomic E-state index is 11.7. The highest BCUT2D eigenvalue weighted by atomic mass is 16.3. The van der Waals surface area contributed by atoms with Crippen molar-refractivity contribution in [3.63, 3.8) is 0 Å². The van der Waals surface area contributed by atoms with Gasteiger partial charge in [0.05, 0.1) is 17.5 Å². The molecule has 1 amide bonds. The first-order chi connectivity index (χ1) is 10.6. The van der Waals surface area contributed by atoms with Gasteiger partial charge in [-0.1, -0.05) is 18.2 Å². The zero-order valence-corrected chi connectivity index (χ0v) is 12.3. The Labute approximate surface area is 129 Å². The molecule has 114 valence electrons. The molecule has 3 rings (SSSR count). The minimum atomic E-state index is -0.693. The number of carbonyl (C=O) groups excluding carboxylic acids is 1. The lowest BCUT2D eigenvalue weighted by Crippen LogP contribution is -2.47. The van der Waals surface area contributed by atoms with Crippen molar-refractivity contribution in [1.29, 1.82) is 0 Å². The summed E-state index contributed by atoms with van der Waals surface area (Å²) in [6, 6.07) is 9.78. The molecule has 1 aliphatic rings. The number of aromatic nitrogens is 2. The van der Waals surface area contributed by atoms with E-state index in [1.54, 1.807) is 17.0 Å². The fraction of sp³-hybridized carbons (Fsp3) is 0.294. The zero-order chi connectivity index (χ0) is 15.4. The first kappa shape index (κ1) is 14.5. The lowest BCUT2D eigenvalue weighted by molar-refractivity contribution is -0.118. The Hall–Kier alpha value is -2.40. The van der Waals surface area contributed by atoms with Gasteiger partial charge in [-0.15, -0.1) is 0 Å². The molecular formula is C17H19N3O2. The van der Waals surface area contributed by atoms with E-state index in [9.17, 15) is 9.90 Å². The molecule has 1 fully saturated rings. The van der Waals surface area contributed by atoms with Gasteiger partial charge in [-0.25, -0.2) is 4.68 Å². The van der Waals surface area contributed by atoms with Crippen LogP contribution in [-0.2, 0) is 4.79 Å². The number of para-hydroxylation sites is 1. The fourth-order valence-corrected chi connectivity index (χ4v) is 2.39. The van der Waals surface area contributed by atoms with Crippen LogP contribution in [0.3, 0.4) is 0 Å². The van der Waals surface area contributed by atoms with Crippen LogP contribution in [-0.4, -0.2) is 32.9 Å². The molecule has 2 N–H and O–H groups in total. The first-order valence-corrected chi connectivity index (χ1v) is 7.43. The number of hydrogen-bond acceptors (Lipinski definition) is 3. The SMILES string of the molecule is O=C(C=Cc1cnn(-c2ccccc2)c1)NCC1(O)CCC1. The van der Waals surface area contributed by atoms with Gasteiger partial charge in [-0.05, 0) is 37.5 Å². The monoisotopic (exact) mass is 297 g/mol. The second kappa shape index (κ2) is 6.15. The number of benzene rings is 1. The van der Waals surface area contributed by atoms with E-state index >= 15 is 0 Å². The molecule has 0 atom stereocenters. The molecule has 0 aliphatic heterocycles. The van der Waals surface area contributed by atoms with E-state index in [4.69, 9.17) is 0 Å². The van der Waals surface area contributed by atoms with Gasteiger partial charge in [0.2, 0.25) is 5.91 Å². The Balaban J connectivity index is 1.56. The maximum Gasteiger partial charge on any atom is 0.244 e. The number of amides is 1. The van der Waals surface area contributed by atoms with Crippen LogP contribution in [0.25, 0.3) is 11.8 Å². The lowest BCUT2D eigenvalue weighted by Gasteiger charge is -2.36. The normalized spacial score (nSPS) is 16.4. The molecule has 22 heavy (non-hydrogen) atoms. The average molecular weight is 297 g/mol. The minimum absolute atomic E-state index is 0.201. The van der Waals surface area contributed by atoms with Crippen molar-refractivity contribution in [1.82, 2.24) is 15.1 Å². The highest BCUT2D eigenvalue weighted by Crippen LogP contribution is 2.30. The van der Waals surface area contributed by atoms with E-state index in [1.165, 1.54) is 6.08 Å². The third-order valence-corrected chi connectivity index (χ3v) is 3.93. The molecule has 1 aromatic carbocycles.